The van der Waals surface area contributed by atoms with Crippen LogP contribution in [-0.2, 0) is 0 Å². The third kappa shape index (κ3) is 4.36. The fraction of sp³-hybridized carbons (Fsp3) is 0.522. The van der Waals surface area contributed by atoms with E-state index in [0.717, 1.165) is 48.6 Å². The number of benzene rings is 1. The average Bonchev–Trinajstić information content (AvgIpc) is 3.52. The van der Waals surface area contributed by atoms with E-state index in [-0.39, 0.29) is 5.50 Å². The Morgan fingerprint density at radius 2 is 2.19 bits per heavy atom. The highest BCUT2D eigenvalue weighted by Crippen LogP contribution is 2.36. The number of hydrazone groups is 1. The Morgan fingerprint density at radius 1 is 1.25 bits per heavy atom. The summed E-state index contributed by atoms with van der Waals surface area (Å²) >= 11 is 1.90. The molecule has 2 saturated heterocycles. The van der Waals surface area contributed by atoms with E-state index in [1.807, 2.05) is 17.8 Å². The number of nitrogens with zero attached hydrogens (tertiary/aromatic N) is 6. The van der Waals surface area contributed by atoms with Crippen molar-refractivity contribution in [3.05, 3.63) is 48.5 Å². The van der Waals surface area contributed by atoms with E-state index in [2.05, 4.69) is 60.4 Å². The van der Waals surface area contributed by atoms with E-state index in [1.165, 1.54) is 25.1 Å². The van der Waals surface area contributed by atoms with Crippen LogP contribution in [0.4, 0.5) is 5.69 Å². The predicted molar refractivity (Wildman–Crippen MR) is 129 cm³/mol. The number of aromatic nitrogens is 2. The first-order valence-electron chi connectivity index (χ1n) is 11.3. The van der Waals surface area contributed by atoms with E-state index in [4.69, 9.17) is 4.74 Å². The van der Waals surface area contributed by atoms with Crippen LogP contribution in [0.1, 0.15) is 18.5 Å². The number of amidine groups is 1. The van der Waals surface area contributed by atoms with Crippen molar-refractivity contribution in [2.45, 2.75) is 24.4 Å². The summed E-state index contributed by atoms with van der Waals surface area (Å²) in [6, 6.07) is 9.13. The molecule has 170 valence electrons. The van der Waals surface area contributed by atoms with Gasteiger partial charge in [0.05, 0.1) is 13.3 Å². The predicted octanol–water partition coefficient (Wildman–Crippen LogP) is 2.30. The van der Waals surface area contributed by atoms with E-state index in [1.54, 1.807) is 25.7 Å². The molecular weight excluding hydrogens is 422 g/mol. The quantitative estimate of drug-likeness (QED) is 0.611. The number of methoxy groups -OCH3 is 1. The van der Waals surface area contributed by atoms with Gasteiger partial charge in [0.2, 0.25) is 0 Å². The molecule has 0 spiro atoms. The van der Waals surface area contributed by atoms with Crippen LogP contribution in [-0.4, -0.2) is 83.2 Å². The van der Waals surface area contributed by atoms with Gasteiger partial charge in [0.15, 0.2) is 11.3 Å². The molecule has 1 N–H and O–H groups in total. The molecule has 32 heavy (non-hydrogen) atoms. The van der Waals surface area contributed by atoms with Gasteiger partial charge in [0, 0.05) is 56.9 Å². The van der Waals surface area contributed by atoms with Crippen molar-refractivity contribution in [3.63, 3.8) is 0 Å². The molecule has 0 saturated carbocycles. The molecule has 3 unspecified atom stereocenters. The van der Waals surface area contributed by atoms with Gasteiger partial charge in [-0.2, -0.15) is 5.10 Å². The van der Waals surface area contributed by atoms with Crippen LogP contribution in [0, 0.1) is 5.92 Å². The van der Waals surface area contributed by atoms with Crippen molar-refractivity contribution >= 4 is 23.3 Å². The van der Waals surface area contributed by atoms with Crippen LogP contribution in [0.5, 0.6) is 5.75 Å². The number of hydrogen-bond donors (Lipinski definition) is 1. The Balaban J connectivity index is 1.07. The molecule has 5 rings (SSSR count). The lowest BCUT2D eigenvalue weighted by Gasteiger charge is -2.27. The number of nitrogens with one attached hydrogen (secondary N) is 1. The highest BCUT2D eigenvalue weighted by molar-refractivity contribution is 7.99. The topological polar surface area (TPSA) is 69.1 Å². The van der Waals surface area contributed by atoms with Crippen molar-refractivity contribution in [3.8, 4) is 5.75 Å². The molecule has 2 fully saturated rings. The van der Waals surface area contributed by atoms with E-state index in [0.29, 0.717) is 6.04 Å². The minimum atomic E-state index is 0.147. The van der Waals surface area contributed by atoms with Crippen LogP contribution in [0.2, 0.25) is 0 Å². The van der Waals surface area contributed by atoms with Gasteiger partial charge in [-0.1, -0.05) is 6.07 Å². The third-order valence-corrected chi connectivity index (χ3v) is 7.92. The van der Waals surface area contributed by atoms with Gasteiger partial charge < -0.3 is 19.4 Å². The first kappa shape index (κ1) is 21.3. The molecule has 4 heterocycles. The second-order valence-electron chi connectivity index (χ2n) is 8.61. The van der Waals surface area contributed by atoms with Crippen LogP contribution >= 0.6 is 11.8 Å². The maximum Gasteiger partial charge on any atom is 0.178 e. The first-order valence-corrected chi connectivity index (χ1v) is 12.3. The number of rotatable bonds is 8. The fourth-order valence-corrected chi connectivity index (χ4v) is 5.99. The Morgan fingerprint density at radius 3 is 3.03 bits per heavy atom. The molecule has 1 aromatic heterocycles. The Labute approximate surface area is 194 Å². The summed E-state index contributed by atoms with van der Waals surface area (Å²) < 4.78 is 5.43. The number of likely N-dealkylation sites (tertiary alicyclic amines) is 1. The second-order valence-corrected chi connectivity index (χ2v) is 9.80. The lowest BCUT2D eigenvalue weighted by molar-refractivity contribution is 0.318. The highest BCUT2D eigenvalue weighted by atomic mass is 32.2. The summed E-state index contributed by atoms with van der Waals surface area (Å²) in [5.41, 5.74) is 5.47. The maximum absolute atomic E-state index is 5.43. The van der Waals surface area contributed by atoms with Crippen molar-refractivity contribution < 1.29 is 4.74 Å². The van der Waals surface area contributed by atoms with Gasteiger partial charge in [-0.05, 0) is 43.2 Å². The summed E-state index contributed by atoms with van der Waals surface area (Å²) in [6.45, 7) is 4.69. The summed E-state index contributed by atoms with van der Waals surface area (Å²) in [5.74, 6) is 3.66. The molecule has 1 aromatic carbocycles. The largest absolute Gasteiger partial charge is 0.497 e. The number of ether oxygens (including phenoxy) is 1. The van der Waals surface area contributed by atoms with E-state index >= 15 is 0 Å². The van der Waals surface area contributed by atoms with Gasteiger partial charge in [-0.15, -0.1) is 11.8 Å². The molecule has 0 amide bonds. The monoisotopic (exact) mass is 453 g/mol. The normalized spacial score (nSPS) is 25.1. The summed E-state index contributed by atoms with van der Waals surface area (Å²) in [6.07, 6.45) is 7.60. The molecule has 3 aliphatic heterocycles. The lowest BCUT2D eigenvalue weighted by Crippen LogP contribution is -2.36. The summed E-state index contributed by atoms with van der Waals surface area (Å²) in [4.78, 5) is 15.9. The van der Waals surface area contributed by atoms with Gasteiger partial charge in [-0.25, -0.2) is 4.98 Å². The van der Waals surface area contributed by atoms with Crippen LogP contribution in [0.15, 0.2) is 48.0 Å². The number of thioether (sulfide) groups is 1. The lowest BCUT2D eigenvalue weighted by atomic mass is 10.0. The molecule has 3 aliphatic rings. The third-order valence-electron chi connectivity index (χ3n) is 6.66. The zero-order valence-electron chi connectivity index (χ0n) is 18.7. The number of hydrogen-bond acceptors (Lipinski definition) is 9. The summed E-state index contributed by atoms with van der Waals surface area (Å²) in [5, 5.41) is 4.46. The van der Waals surface area contributed by atoms with E-state index < -0.39 is 0 Å². The zero-order valence-corrected chi connectivity index (χ0v) is 19.5. The molecule has 2 aromatic rings. The standard InChI is InChI=1S/C23H31N7OS/c1-28-22(20-14-24-8-9-25-20)26-27-23(28)32-12-4-10-29-15-17-7-11-30(21(17)16-29)18-5-3-6-19(13-18)31-2/h3,5-6,8-9,13-14,17,21,23,27H,4,7,10-12,15-16H2,1-2H3. The van der Waals surface area contributed by atoms with Crippen LogP contribution in [0.25, 0.3) is 0 Å². The van der Waals surface area contributed by atoms with Gasteiger partial charge in [-0.3, -0.25) is 10.4 Å². The smallest absolute Gasteiger partial charge is 0.178 e. The Hall–Kier alpha value is -2.52. The second kappa shape index (κ2) is 9.54. The number of anilines is 1. The van der Waals surface area contributed by atoms with Crippen LogP contribution in [0.3, 0.4) is 0 Å². The van der Waals surface area contributed by atoms with Gasteiger partial charge in [0.1, 0.15) is 11.4 Å². The SMILES string of the molecule is COc1cccc(N2CCC3CN(CCCSC4NN=C(c5cnccn5)N4C)CC32)c1. The molecule has 0 bridgehead atoms. The Bertz CT molecular complexity index is 943. The zero-order chi connectivity index (χ0) is 21.9. The summed E-state index contributed by atoms with van der Waals surface area (Å²) in [7, 11) is 3.79. The van der Waals surface area contributed by atoms with Crippen molar-refractivity contribution in [2.24, 2.45) is 11.0 Å². The van der Waals surface area contributed by atoms with Gasteiger partial charge in [0.25, 0.3) is 0 Å². The maximum atomic E-state index is 5.43. The molecule has 0 aliphatic carbocycles. The molecular formula is C23H31N7OS. The molecule has 9 heteroatoms. The highest BCUT2D eigenvalue weighted by Gasteiger charge is 2.41. The molecule has 0 radical (unpaired) electrons. The average molecular weight is 454 g/mol. The van der Waals surface area contributed by atoms with Crippen molar-refractivity contribution in [1.29, 1.82) is 0 Å². The van der Waals surface area contributed by atoms with E-state index in [9.17, 15) is 0 Å². The Kier molecular flexibility index (Phi) is 6.36. The molecule has 8 nitrogen and oxygen atoms in total. The number of fused-ring (bicyclic) bond motifs is 1. The fourth-order valence-electron chi connectivity index (χ4n) is 5.02. The van der Waals surface area contributed by atoms with Crippen molar-refractivity contribution in [1.82, 2.24) is 25.2 Å². The minimum absolute atomic E-state index is 0.147. The first-order chi connectivity index (χ1) is 15.7. The molecule has 3 atom stereocenters. The minimum Gasteiger partial charge on any atom is -0.497 e. The van der Waals surface area contributed by atoms with Gasteiger partial charge >= 0.3 is 0 Å². The van der Waals surface area contributed by atoms with Crippen LogP contribution < -0.4 is 15.1 Å². The van der Waals surface area contributed by atoms with Crippen molar-refractivity contribution in [2.75, 3.05) is 51.0 Å².